The highest BCUT2D eigenvalue weighted by Gasteiger charge is 2.36. The van der Waals surface area contributed by atoms with Gasteiger partial charge in [-0.05, 0) is 31.0 Å². The molecule has 0 amide bonds. The molecule has 1 atom stereocenters. The summed E-state index contributed by atoms with van der Waals surface area (Å²) in [6, 6.07) is 4.21. The van der Waals surface area contributed by atoms with Crippen LogP contribution in [0.25, 0.3) is 0 Å². The lowest BCUT2D eigenvalue weighted by Gasteiger charge is -2.17. The fourth-order valence-corrected chi connectivity index (χ4v) is 3.92. The number of methoxy groups -OCH3 is 1. The second-order valence-corrected chi connectivity index (χ2v) is 7.09. The molecular weight excluding hydrogens is 310 g/mol. The van der Waals surface area contributed by atoms with Gasteiger partial charge in [-0.2, -0.15) is 4.31 Å². The smallest absolute Gasteiger partial charge is 0.338 e. The van der Waals surface area contributed by atoms with E-state index in [9.17, 15) is 18.0 Å². The number of rotatable bonds is 4. The highest BCUT2D eigenvalue weighted by molar-refractivity contribution is 7.89. The van der Waals surface area contributed by atoms with E-state index >= 15 is 0 Å². The van der Waals surface area contributed by atoms with Crippen LogP contribution in [0.4, 0.5) is 0 Å². The van der Waals surface area contributed by atoms with Crippen LogP contribution in [-0.4, -0.2) is 50.0 Å². The van der Waals surface area contributed by atoms with Gasteiger partial charge in [0.2, 0.25) is 10.0 Å². The SMILES string of the molecule is COC(=O)c1cc(S(=O)(=O)N2CCC(C(=O)O)C2)ccc1C. The number of carbonyl (C=O) groups is 2. The molecule has 0 aliphatic carbocycles. The van der Waals surface area contributed by atoms with Gasteiger partial charge in [-0.1, -0.05) is 6.07 Å². The molecule has 1 aromatic rings. The highest BCUT2D eigenvalue weighted by Crippen LogP contribution is 2.26. The number of sulfonamides is 1. The van der Waals surface area contributed by atoms with Crippen molar-refractivity contribution in [3.63, 3.8) is 0 Å². The number of hydrogen-bond acceptors (Lipinski definition) is 5. The van der Waals surface area contributed by atoms with Crippen LogP contribution >= 0.6 is 0 Å². The molecule has 0 bridgehead atoms. The first-order valence-electron chi connectivity index (χ1n) is 6.69. The molecule has 0 saturated carbocycles. The van der Waals surface area contributed by atoms with E-state index in [0.717, 1.165) is 4.31 Å². The van der Waals surface area contributed by atoms with Crippen molar-refractivity contribution in [1.29, 1.82) is 0 Å². The number of carbonyl (C=O) groups excluding carboxylic acids is 1. The molecule has 1 aromatic carbocycles. The third-order valence-corrected chi connectivity index (χ3v) is 5.61. The Bertz CT molecular complexity index is 712. The zero-order valence-corrected chi connectivity index (χ0v) is 13.1. The lowest BCUT2D eigenvalue weighted by Crippen LogP contribution is -2.30. The second-order valence-electron chi connectivity index (χ2n) is 5.16. The maximum absolute atomic E-state index is 12.6. The lowest BCUT2D eigenvalue weighted by molar-refractivity contribution is -0.141. The Hall–Kier alpha value is -1.93. The van der Waals surface area contributed by atoms with E-state index in [4.69, 9.17) is 5.11 Å². The van der Waals surface area contributed by atoms with Crippen LogP contribution < -0.4 is 0 Å². The topological polar surface area (TPSA) is 101 Å². The molecule has 1 aliphatic rings. The van der Waals surface area contributed by atoms with Gasteiger partial charge in [0.25, 0.3) is 0 Å². The van der Waals surface area contributed by atoms with E-state index in [0.29, 0.717) is 5.56 Å². The van der Waals surface area contributed by atoms with E-state index in [1.807, 2.05) is 0 Å². The minimum Gasteiger partial charge on any atom is -0.481 e. The van der Waals surface area contributed by atoms with Crippen LogP contribution in [0.2, 0.25) is 0 Å². The Labute approximate surface area is 128 Å². The molecule has 0 aromatic heterocycles. The first-order valence-corrected chi connectivity index (χ1v) is 8.13. The van der Waals surface area contributed by atoms with E-state index in [2.05, 4.69) is 4.74 Å². The van der Waals surface area contributed by atoms with Gasteiger partial charge in [0, 0.05) is 13.1 Å². The van der Waals surface area contributed by atoms with Crippen LogP contribution in [0, 0.1) is 12.8 Å². The van der Waals surface area contributed by atoms with Gasteiger partial charge in [-0.25, -0.2) is 13.2 Å². The average Bonchev–Trinajstić information content (AvgIpc) is 2.97. The fraction of sp³-hybridized carbons (Fsp3) is 0.429. The minimum absolute atomic E-state index is 0.0375. The average molecular weight is 327 g/mol. The van der Waals surface area contributed by atoms with Gasteiger partial charge in [0.05, 0.1) is 23.5 Å². The summed E-state index contributed by atoms with van der Waals surface area (Å²) in [5.41, 5.74) is 0.785. The van der Waals surface area contributed by atoms with Crippen LogP contribution in [-0.2, 0) is 19.6 Å². The first kappa shape index (κ1) is 16.4. The quantitative estimate of drug-likeness (QED) is 0.824. The Morgan fingerprint density at radius 3 is 2.59 bits per heavy atom. The van der Waals surface area contributed by atoms with Crippen LogP contribution in [0.5, 0.6) is 0 Å². The van der Waals surface area contributed by atoms with Crippen molar-refractivity contribution < 1.29 is 27.9 Å². The number of aryl methyl sites for hydroxylation is 1. The minimum atomic E-state index is -3.82. The first-order chi connectivity index (χ1) is 10.3. The van der Waals surface area contributed by atoms with Gasteiger partial charge >= 0.3 is 11.9 Å². The maximum atomic E-state index is 12.6. The van der Waals surface area contributed by atoms with Crippen molar-refractivity contribution in [2.75, 3.05) is 20.2 Å². The number of carboxylic acid groups (broad SMARTS) is 1. The molecule has 1 saturated heterocycles. The van der Waals surface area contributed by atoms with Gasteiger partial charge < -0.3 is 9.84 Å². The lowest BCUT2D eigenvalue weighted by atomic mass is 10.1. The molecule has 1 fully saturated rings. The highest BCUT2D eigenvalue weighted by atomic mass is 32.2. The molecule has 1 N–H and O–H groups in total. The summed E-state index contributed by atoms with van der Waals surface area (Å²) in [5.74, 6) is -2.31. The monoisotopic (exact) mass is 327 g/mol. The summed E-state index contributed by atoms with van der Waals surface area (Å²) < 4.78 is 30.9. The van der Waals surface area contributed by atoms with Crippen molar-refractivity contribution in [1.82, 2.24) is 4.31 Å². The van der Waals surface area contributed by atoms with Gasteiger partial charge in [-0.15, -0.1) is 0 Å². The van der Waals surface area contributed by atoms with Gasteiger partial charge in [-0.3, -0.25) is 4.79 Å². The van der Waals surface area contributed by atoms with E-state index in [1.54, 1.807) is 6.92 Å². The standard InChI is InChI=1S/C14H17NO6S/c1-9-3-4-11(7-12(9)14(18)21-2)22(19,20)15-6-5-10(8-15)13(16)17/h3-4,7,10H,5-6,8H2,1-2H3,(H,16,17). The summed E-state index contributed by atoms with van der Waals surface area (Å²) in [6.07, 6.45) is 0.282. The number of carboxylic acids is 1. The second kappa shape index (κ2) is 6.05. The summed E-state index contributed by atoms with van der Waals surface area (Å²) in [4.78, 5) is 22.6. The zero-order valence-electron chi connectivity index (χ0n) is 12.3. The molecule has 1 aliphatic heterocycles. The Kier molecular flexibility index (Phi) is 4.52. The molecule has 0 radical (unpaired) electrons. The van der Waals surface area contributed by atoms with Crippen molar-refractivity contribution in [2.24, 2.45) is 5.92 Å². The Morgan fingerprint density at radius 2 is 2.05 bits per heavy atom. The maximum Gasteiger partial charge on any atom is 0.338 e. The normalized spacial score (nSPS) is 19.1. The number of ether oxygens (including phenoxy) is 1. The molecule has 1 unspecified atom stereocenters. The van der Waals surface area contributed by atoms with E-state index < -0.39 is 27.9 Å². The molecular formula is C14H17NO6S. The van der Waals surface area contributed by atoms with E-state index in [1.165, 1.54) is 25.3 Å². The number of esters is 1. The summed E-state index contributed by atoms with van der Waals surface area (Å²) in [5, 5.41) is 8.97. The van der Waals surface area contributed by atoms with Crippen molar-refractivity contribution in [3.8, 4) is 0 Å². The molecule has 120 valence electrons. The van der Waals surface area contributed by atoms with Crippen LogP contribution in [0.3, 0.4) is 0 Å². The largest absolute Gasteiger partial charge is 0.481 e. The summed E-state index contributed by atoms with van der Waals surface area (Å²) >= 11 is 0. The van der Waals surface area contributed by atoms with E-state index in [-0.39, 0.29) is 30.0 Å². The van der Waals surface area contributed by atoms with Crippen molar-refractivity contribution in [2.45, 2.75) is 18.2 Å². The number of nitrogens with zero attached hydrogens (tertiary/aromatic N) is 1. The van der Waals surface area contributed by atoms with Crippen LogP contribution in [0.15, 0.2) is 23.1 Å². The van der Waals surface area contributed by atoms with Gasteiger partial charge in [0.15, 0.2) is 0 Å². The molecule has 2 rings (SSSR count). The van der Waals surface area contributed by atoms with Crippen molar-refractivity contribution in [3.05, 3.63) is 29.3 Å². The van der Waals surface area contributed by atoms with Gasteiger partial charge in [0.1, 0.15) is 0 Å². The molecule has 22 heavy (non-hydrogen) atoms. The molecule has 0 spiro atoms. The summed E-state index contributed by atoms with van der Waals surface area (Å²) in [7, 11) is -2.60. The number of benzene rings is 1. The zero-order chi connectivity index (χ0) is 16.5. The Balaban J connectivity index is 2.35. The van der Waals surface area contributed by atoms with Crippen molar-refractivity contribution >= 4 is 22.0 Å². The molecule has 1 heterocycles. The summed E-state index contributed by atoms with van der Waals surface area (Å²) in [6.45, 7) is 1.78. The number of aliphatic carboxylic acids is 1. The predicted octanol–water partition coefficient (Wildman–Crippen LogP) is 0.877. The molecule has 8 heteroatoms. The molecule has 7 nitrogen and oxygen atoms in total. The Morgan fingerprint density at radius 1 is 1.36 bits per heavy atom. The number of hydrogen-bond donors (Lipinski definition) is 1. The van der Waals surface area contributed by atoms with Crippen LogP contribution in [0.1, 0.15) is 22.3 Å². The third-order valence-electron chi connectivity index (χ3n) is 3.75. The predicted molar refractivity (Wildman–Crippen MR) is 77.0 cm³/mol. The third kappa shape index (κ3) is 2.97. The fourth-order valence-electron chi connectivity index (χ4n) is 2.39.